The number of carbonyl (C=O) groups excluding carboxylic acids is 1. The summed E-state index contributed by atoms with van der Waals surface area (Å²) in [6, 6.07) is 10.2. The Morgan fingerprint density at radius 2 is 2.00 bits per heavy atom. The topological polar surface area (TPSA) is 46.9 Å². The second-order valence-electron chi connectivity index (χ2n) is 6.97. The number of hydrogen-bond donors (Lipinski definition) is 1. The molecule has 0 spiro atoms. The summed E-state index contributed by atoms with van der Waals surface area (Å²) in [5, 5.41) is 7.71. The molecule has 1 N–H and O–H groups in total. The first kappa shape index (κ1) is 14.5. The van der Waals surface area contributed by atoms with Crippen LogP contribution < -0.4 is 5.32 Å². The van der Waals surface area contributed by atoms with Crippen LogP contribution in [-0.2, 0) is 11.3 Å². The van der Waals surface area contributed by atoms with Crippen molar-refractivity contribution < 1.29 is 4.79 Å². The monoisotopic (exact) mass is 309 g/mol. The SMILES string of the molecule is Cc1cc(C)n(-c2ccccc2CNC(=O)C2[C@H]3CCC[C@H]23)n1. The fraction of sp³-hybridized carbons (Fsp3) is 0.474. The zero-order valence-corrected chi connectivity index (χ0v) is 13.7. The lowest BCUT2D eigenvalue weighted by Crippen LogP contribution is -2.26. The number of benzene rings is 1. The standard InChI is InChI=1S/C19H23N3O/c1-12-10-13(2)22(21-12)17-9-4-3-6-14(17)11-20-19(23)18-15-7-5-8-16(15)18/h3-4,6,9-10,15-16,18H,5,7-8,11H2,1-2H3,(H,20,23)/t15-,16-/m0/s1. The van der Waals surface area contributed by atoms with E-state index in [1.165, 1.54) is 19.3 Å². The number of amides is 1. The van der Waals surface area contributed by atoms with Gasteiger partial charge in [0.05, 0.1) is 11.4 Å². The van der Waals surface area contributed by atoms with Crippen LogP contribution in [0.15, 0.2) is 30.3 Å². The molecule has 1 aromatic heterocycles. The highest BCUT2D eigenvalue weighted by Gasteiger charge is 2.56. The Kier molecular flexibility index (Phi) is 3.47. The van der Waals surface area contributed by atoms with Crippen LogP contribution in [0, 0.1) is 31.6 Å². The number of nitrogens with zero attached hydrogens (tertiary/aromatic N) is 2. The minimum Gasteiger partial charge on any atom is -0.352 e. The predicted octanol–water partition coefficient (Wildman–Crippen LogP) is 3.15. The Balaban J connectivity index is 1.49. The van der Waals surface area contributed by atoms with E-state index in [9.17, 15) is 4.79 Å². The molecule has 23 heavy (non-hydrogen) atoms. The minimum atomic E-state index is 0.239. The molecule has 1 heterocycles. The second kappa shape index (κ2) is 5.52. The van der Waals surface area contributed by atoms with Crippen LogP contribution in [0.4, 0.5) is 0 Å². The summed E-state index contributed by atoms with van der Waals surface area (Å²) in [5.41, 5.74) is 4.28. The lowest BCUT2D eigenvalue weighted by Gasteiger charge is -2.12. The van der Waals surface area contributed by atoms with E-state index in [1.54, 1.807) is 0 Å². The van der Waals surface area contributed by atoms with Crippen molar-refractivity contribution >= 4 is 5.91 Å². The van der Waals surface area contributed by atoms with Gasteiger partial charge in [0, 0.05) is 18.2 Å². The molecule has 2 aliphatic rings. The maximum atomic E-state index is 12.4. The molecule has 4 rings (SSSR count). The van der Waals surface area contributed by atoms with E-state index in [4.69, 9.17) is 0 Å². The van der Waals surface area contributed by atoms with Crippen LogP contribution in [0.3, 0.4) is 0 Å². The maximum absolute atomic E-state index is 12.4. The quantitative estimate of drug-likeness (QED) is 0.943. The molecule has 1 aromatic carbocycles. The summed E-state index contributed by atoms with van der Waals surface area (Å²) < 4.78 is 1.96. The smallest absolute Gasteiger partial charge is 0.223 e. The van der Waals surface area contributed by atoms with Gasteiger partial charge in [-0.1, -0.05) is 24.6 Å². The van der Waals surface area contributed by atoms with E-state index in [-0.39, 0.29) is 11.8 Å². The number of carbonyl (C=O) groups is 1. The second-order valence-corrected chi connectivity index (χ2v) is 6.97. The molecule has 2 atom stereocenters. The van der Waals surface area contributed by atoms with E-state index in [1.807, 2.05) is 23.7 Å². The van der Waals surface area contributed by atoms with Crippen LogP contribution in [-0.4, -0.2) is 15.7 Å². The van der Waals surface area contributed by atoms with Crippen molar-refractivity contribution in [3.05, 3.63) is 47.3 Å². The minimum absolute atomic E-state index is 0.239. The van der Waals surface area contributed by atoms with Crippen molar-refractivity contribution in [3.63, 3.8) is 0 Å². The Morgan fingerprint density at radius 1 is 1.26 bits per heavy atom. The van der Waals surface area contributed by atoms with Crippen molar-refractivity contribution in [1.82, 2.24) is 15.1 Å². The highest BCUT2D eigenvalue weighted by Crippen LogP contribution is 2.57. The number of nitrogens with one attached hydrogen (secondary N) is 1. The van der Waals surface area contributed by atoms with Gasteiger partial charge in [-0.3, -0.25) is 4.79 Å². The average molecular weight is 309 g/mol. The Bertz CT molecular complexity index is 739. The molecule has 1 amide bonds. The van der Waals surface area contributed by atoms with Crippen molar-refractivity contribution in [2.24, 2.45) is 17.8 Å². The summed E-state index contributed by atoms with van der Waals surface area (Å²) >= 11 is 0. The molecule has 0 aliphatic heterocycles. The normalized spacial score (nSPS) is 25.2. The number of fused-ring (bicyclic) bond motifs is 1. The van der Waals surface area contributed by atoms with Gasteiger partial charge in [0.1, 0.15) is 0 Å². The highest BCUT2D eigenvalue weighted by molar-refractivity contribution is 5.82. The predicted molar refractivity (Wildman–Crippen MR) is 89.2 cm³/mol. The molecule has 2 fully saturated rings. The van der Waals surface area contributed by atoms with E-state index in [2.05, 4.69) is 35.5 Å². The van der Waals surface area contributed by atoms with E-state index < -0.39 is 0 Å². The number of aryl methyl sites for hydroxylation is 2. The first-order valence-corrected chi connectivity index (χ1v) is 8.54. The summed E-state index contributed by atoms with van der Waals surface area (Å²) in [6.07, 6.45) is 3.79. The molecule has 2 aliphatic carbocycles. The first-order valence-electron chi connectivity index (χ1n) is 8.54. The average Bonchev–Trinajstić information content (AvgIpc) is 2.86. The Hall–Kier alpha value is -2.10. The Labute approximate surface area is 136 Å². The van der Waals surface area contributed by atoms with Crippen molar-refractivity contribution in [1.29, 1.82) is 0 Å². The Morgan fingerprint density at radius 3 is 2.70 bits per heavy atom. The zero-order chi connectivity index (χ0) is 16.0. The molecule has 120 valence electrons. The summed E-state index contributed by atoms with van der Waals surface area (Å²) in [5.74, 6) is 1.86. The fourth-order valence-corrected chi connectivity index (χ4v) is 4.25. The molecule has 0 radical (unpaired) electrons. The third-order valence-electron chi connectivity index (χ3n) is 5.39. The van der Waals surface area contributed by atoms with Gasteiger partial charge in [-0.2, -0.15) is 5.10 Å². The summed E-state index contributed by atoms with van der Waals surface area (Å²) in [6.45, 7) is 4.63. The largest absolute Gasteiger partial charge is 0.352 e. The van der Waals surface area contributed by atoms with Crippen LogP contribution >= 0.6 is 0 Å². The van der Waals surface area contributed by atoms with Crippen LogP contribution in [0.2, 0.25) is 0 Å². The highest BCUT2D eigenvalue weighted by atomic mass is 16.2. The lowest BCUT2D eigenvalue weighted by molar-refractivity contribution is -0.123. The molecule has 0 bridgehead atoms. The van der Waals surface area contributed by atoms with Crippen molar-refractivity contribution in [2.45, 2.75) is 39.7 Å². The number of para-hydroxylation sites is 1. The lowest BCUT2D eigenvalue weighted by atomic mass is 10.1. The van der Waals surface area contributed by atoms with Crippen LogP contribution in [0.1, 0.15) is 36.2 Å². The molecule has 0 saturated heterocycles. The first-order chi connectivity index (χ1) is 11.1. The molecule has 4 heteroatoms. The summed E-state index contributed by atoms with van der Waals surface area (Å²) in [7, 11) is 0. The van der Waals surface area contributed by atoms with E-state index in [0.29, 0.717) is 18.4 Å². The zero-order valence-electron chi connectivity index (χ0n) is 13.7. The molecular formula is C19H23N3O. The third-order valence-corrected chi connectivity index (χ3v) is 5.39. The van der Waals surface area contributed by atoms with Gasteiger partial charge in [0.2, 0.25) is 5.91 Å². The van der Waals surface area contributed by atoms with E-state index in [0.717, 1.165) is 22.6 Å². The number of hydrogen-bond acceptors (Lipinski definition) is 2. The van der Waals surface area contributed by atoms with Crippen LogP contribution in [0.25, 0.3) is 5.69 Å². The van der Waals surface area contributed by atoms with Crippen molar-refractivity contribution in [3.8, 4) is 5.69 Å². The number of rotatable bonds is 4. The van der Waals surface area contributed by atoms with E-state index >= 15 is 0 Å². The molecule has 4 nitrogen and oxygen atoms in total. The van der Waals surface area contributed by atoms with Gasteiger partial charge in [-0.25, -0.2) is 4.68 Å². The molecule has 0 unspecified atom stereocenters. The van der Waals surface area contributed by atoms with Gasteiger partial charge in [-0.05, 0) is 56.2 Å². The van der Waals surface area contributed by atoms with Gasteiger partial charge < -0.3 is 5.32 Å². The van der Waals surface area contributed by atoms with Crippen molar-refractivity contribution in [2.75, 3.05) is 0 Å². The van der Waals surface area contributed by atoms with Crippen LogP contribution in [0.5, 0.6) is 0 Å². The maximum Gasteiger partial charge on any atom is 0.223 e. The molecular weight excluding hydrogens is 286 g/mol. The number of aromatic nitrogens is 2. The third kappa shape index (κ3) is 2.56. The van der Waals surface area contributed by atoms with Gasteiger partial charge in [0.25, 0.3) is 0 Å². The molecule has 2 saturated carbocycles. The van der Waals surface area contributed by atoms with Gasteiger partial charge in [0.15, 0.2) is 0 Å². The van der Waals surface area contributed by atoms with Gasteiger partial charge in [-0.15, -0.1) is 0 Å². The van der Waals surface area contributed by atoms with Gasteiger partial charge >= 0.3 is 0 Å². The molecule has 2 aromatic rings. The fourth-order valence-electron chi connectivity index (χ4n) is 4.25. The summed E-state index contributed by atoms with van der Waals surface area (Å²) in [4.78, 5) is 12.4.